The number of rotatable bonds is 6. The van der Waals surface area contributed by atoms with Crippen molar-refractivity contribution in [1.29, 1.82) is 0 Å². The van der Waals surface area contributed by atoms with E-state index in [1.165, 1.54) is 16.7 Å². The molecule has 4 nitrogen and oxygen atoms in total. The Balaban J connectivity index is 1.36. The Hall–Kier alpha value is -5.82. The van der Waals surface area contributed by atoms with E-state index in [-0.39, 0.29) is 0 Å². The molecule has 48 heavy (non-hydrogen) atoms. The molecule has 0 saturated heterocycles. The Morgan fingerprint density at radius 1 is 0.375 bits per heavy atom. The maximum atomic E-state index is 4.73. The number of hydrogen-bond donors (Lipinski definition) is 0. The first-order valence-corrected chi connectivity index (χ1v) is 17.5. The first-order valence-electron chi connectivity index (χ1n) is 15.6. The maximum Gasteiger partial charge on any atom is 0.0826 e. The zero-order valence-corrected chi connectivity index (χ0v) is 27.2. The van der Waals surface area contributed by atoms with Crippen molar-refractivity contribution in [3.8, 4) is 67.0 Å². The summed E-state index contributed by atoms with van der Waals surface area (Å²) < 4.78 is 0. The van der Waals surface area contributed by atoms with Gasteiger partial charge < -0.3 is 0 Å². The minimum absolute atomic E-state index is 0.932. The van der Waals surface area contributed by atoms with E-state index < -0.39 is 0 Å². The van der Waals surface area contributed by atoms with Gasteiger partial charge in [0.05, 0.1) is 22.4 Å². The van der Waals surface area contributed by atoms with Crippen LogP contribution in [0.4, 0.5) is 0 Å². The largest absolute Gasteiger partial charge is 0.263 e. The molecular weight excluding hydrogens is 625 g/mol. The molecule has 0 radical (unpaired) electrons. The summed E-state index contributed by atoms with van der Waals surface area (Å²) in [6, 6.07) is 39.3. The van der Waals surface area contributed by atoms with Crippen molar-refractivity contribution in [2.75, 3.05) is 0 Å². The summed E-state index contributed by atoms with van der Waals surface area (Å²) in [5.74, 6) is 0. The van der Waals surface area contributed by atoms with Crippen LogP contribution in [0.3, 0.4) is 0 Å². The summed E-state index contributed by atoms with van der Waals surface area (Å²) in [6.07, 6.45) is 7.74. The summed E-state index contributed by atoms with van der Waals surface area (Å²) >= 11 is 3.18. The van der Waals surface area contributed by atoms with Crippen molar-refractivity contribution in [3.63, 3.8) is 0 Å². The average molecular weight is 651 g/mol. The minimum Gasteiger partial charge on any atom is -0.263 e. The van der Waals surface area contributed by atoms with Crippen LogP contribution in [-0.4, -0.2) is 19.9 Å². The predicted octanol–water partition coefficient (Wildman–Crippen LogP) is 11.7. The highest BCUT2D eigenvalue weighted by Gasteiger charge is 2.20. The number of fused-ring (bicyclic) bond motifs is 2. The van der Waals surface area contributed by atoms with Gasteiger partial charge in [0.2, 0.25) is 0 Å². The van der Waals surface area contributed by atoms with Crippen molar-refractivity contribution in [1.82, 2.24) is 19.9 Å². The summed E-state index contributed by atoms with van der Waals surface area (Å²) in [5.41, 5.74) is 16.7. The van der Waals surface area contributed by atoms with Gasteiger partial charge in [0, 0.05) is 57.8 Å². The van der Waals surface area contributed by atoms with Crippen LogP contribution in [-0.2, 0) is 0 Å². The molecule has 0 bridgehead atoms. The first-order chi connectivity index (χ1) is 23.8. The molecule has 0 atom stereocenters. The van der Waals surface area contributed by atoms with Crippen LogP contribution >= 0.6 is 22.7 Å². The molecule has 0 unspecified atom stereocenters. The van der Waals surface area contributed by atoms with E-state index in [9.17, 15) is 0 Å². The molecule has 0 aliphatic heterocycles. The fraction of sp³-hybridized carbons (Fsp3) is 0. The molecule has 4 aromatic heterocycles. The third kappa shape index (κ3) is 4.99. The van der Waals surface area contributed by atoms with Crippen LogP contribution in [0.15, 0.2) is 156 Å². The van der Waals surface area contributed by atoms with Gasteiger partial charge in [-0.05, 0) is 73.1 Å². The fourth-order valence-corrected chi connectivity index (χ4v) is 7.84. The van der Waals surface area contributed by atoms with E-state index in [1.807, 2.05) is 35.8 Å². The molecule has 9 rings (SSSR count). The van der Waals surface area contributed by atoms with Gasteiger partial charge >= 0.3 is 0 Å². The summed E-state index contributed by atoms with van der Waals surface area (Å²) in [4.78, 5) is 18.6. The first kappa shape index (κ1) is 28.4. The van der Waals surface area contributed by atoms with E-state index in [0.717, 1.165) is 71.9 Å². The van der Waals surface area contributed by atoms with Crippen molar-refractivity contribution < 1.29 is 0 Å². The van der Waals surface area contributed by atoms with E-state index >= 15 is 0 Å². The molecule has 0 fully saturated rings. The van der Waals surface area contributed by atoms with Crippen LogP contribution < -0.4 is 0 Å². The molecule has 0 aliphatic rings. The lowest BCUT2D eigenvalue weighted by molar-refractivity contribution is 1.31. The second-order valence-electron chi connectivity index (χ2n) is 11.6. The lowest BCUT2D eigenvalue weighted by atomic mass is 9.84. The quantitative estimate of drug-likeness (QED) is 0.168. The topological polar surface area (TPSA) is 51.6 Å². The Morgan fingerprint density at radius 3 is 1.46 bits per heavy atom. The highest BCUT2D eigenvalue weighted by molar-refractivity contribution is 7.08. The SMILES string of the molecule is c1ccc(-c2ccccc2-c2ccc3c(-c4cncc(-c5cscn5)c4)c4ccccc4c(-c4cncc(-c5cscn5)c4)c3c2)cc1. The van der Waals surface area contributed by atoms with Gasteiger partial charge in [-0.2, -0.15) is 0 Å². The molecule has 0 amide bonds. The van der Waals surface area contributed by atoms with Crippen LogP contribution in [0.5, 0.6) is 0 Å². The number of hydrogen-bond acceptors (Lipinski definition) is 6. The number of pyridine rings is 2. The molecular formula is C42H26N4S2. The highest BCUT2D eigenvalue weighted by atomic mass is 32.1. The second kappa shape index (κ2) is 12.1. The Labute approximate surface area is 285 Å². The molecule has 0 spiro atoms. The number of benzene rings is 5. The molecule has 6 heteroatoms. The highest BCUT2D eigenvalue weighted by Crippen LogP contribution is 2.46. The third-order valence-corrected chi connectivity index (χ3v) is 10.0. The number of thiazole rings is 2. The van der Waals surface area contributed by atoms with Gasteiger partial charge in [-0.3, -0.25) is 9.97 Å². The smallest absolute Gasteiger partial charge is 0.0826 e. The van der Waals surface area contributed by atoms with Crippen molar-refractivity contribution >= 4 is 44.2 Å². The molecule has 0 saturated carbocycles. The number of aromatic nitrogens is 4. The number of nitrogens with zero attached hydrogens (tertiary/aromatic N) is 4. The zero-order valence-electron chi connectivity index (χ0n) is 25.6. The van der Waals surface area contributed by atoms with Gasteiger partial charge in [0.1, 0.15) is 0 Å². The minimum atomic E-state index is 0.932. The van der Waals surface area contributed by atoms with Gasteiger partial charge in [0.15, 0.2) is 0 Å². The van der Waals surface area contributed by atoms with E-state index in [0.29, 0.717) is 0 Å². The van der Waals surface area contributed by atoms with Gasteiger partial charge in [-0.25, -0.2) is 9.97 Å². The Kier molecular flexibility index (Phi) is 7.15. The fourth-order valence-electron chi connectivity index (χ4n) is 6.72. The summed E-state index contributed by atoms with van der Waals surface area (Å²) in [5, 5.41) is 8.76. The third-order valence-electron chi connectivity index (χ3n) is 8.86. The average Bonchev–Trinajstić information content (AvgIpc) is 3.90. The van der Waals surface area contributed by atoms with Crippen LogP contribution in [0, 0.1) is 0 Å². The van der Waals surface area contributed by atoms with E-state index in [4.69, 9.17) is 9.97 Å². The standard InChI is InChI=1S/C42H26N4S2/c1-2-8-27(9-3-1)33-10-4-5-11-34(33)28-14-15-37-38(18-28)42(32-17-30(20-44-22-32)40-24-48-26-46-40)36-13-7-6-12-35(36)41(37)31-16-29(19-43-21-31)39-23-47-25-45-39/h1-26H. The lowest BCUT2D eigenvalue weighted by Gasteiger charge is -2.19. The van der Waals surface area contributed by atoms with Gasteiger partial charge in [-0.15, -0.1) is 22.7 Å². The zero-order chi connectivity index (χ0) is 31.9. The Morgan fingerprint density at radius 2 is 0.875 bits per heavy atom. The van der Waals surface area contributed by atoms with Crippen molar-refractivity contribution in [2.45, 2.75) is 0 Å². The predicted molar refractivity (Wildman–Crippen MR) is 201 cm³/mol. The maximum absolute atomic E-state index is 4.73. The lowest BCUT2D eigenvalue weighted by Crippen LogP contribution is -1.94. The second-order valence-corrected chi connectivity index (χ2v) is 13.1. The molecule has 0 N–H and O–H groups in total. The summed E-state index contributed by atoms with van der Waals surface area (Å²) in [6.45, 7) is 0. The molecule has 0 aliphatic carbocycles. The van der Waals surface area contributed by atoms with Crippen LogP contribution in [0.1, 0.15) is 0 Å². The molecule has 9 aromatic rings. The van der Waals surface area contributed by atoms with Crippen LogP contribution in [0.25, 0.3) is 88.6 Å². The van der Waals surface area contributed by atoms with Crippen molar-refractivity contribution in [2.24, 2.45) is 0 Å². The van der Waals surface area contributed by atoms with Crippen LogP contribution in [0.2, 0.25) is 0 Å². The van der Waals surface area contributed by atoms with Crippen molar-refractivity contribution in [3.05, 3.63) is 156 Å². The van der Waals surface area contributed by atoms with Gasteiger partial charge in [0.25, 0.3) is 0 Å². The van der Waals surface area contributed by atoms with E-state index in [1.54, 1.807) is 22.7 Å². The Bertz CT molecular complexity index is 2560. The van der Waals surface area contributed by atoms with E-state index in [2.05, 4.69) is 130 Å². The van der Waals surface area contributed by atoms with Gasteiger partial charge in [-0.1, -0.05) is 91.0 Å². The summed E-state index contributed by atoms with van der Waals surface area (Å²) in [7, 11) is 0. The normalized spacial score (nSPS) is 11.3. The molecule has 226 valence electrons. The monoisotopic (exact) mass is 650 g/mol. The molecule has 4 heterocycles. The molecule has 5 aromatic carbocycles.